The first-order valence-corrected chi connectivity index (χ1v) is 8.12. The Morgan fingerprint density at radius 1 is 1.19 bits per heavy atom. The molecule has 21 heavy (non-hydrogen) atoms. The fraction of sp³-hybridized carbons (Fsp3) is 0.267. The lowest BCUT2D eigenvalue weighted by molar-refractivity contribution is 0.0960. The number of benzene rings is 1. The van der Waals surface area contributed by atoms with Gasteiger partial charge in [-0.15, -0.1) is 11.3 Å². The van der Waals surface area contributed by atoms with Gasteiger partial charge >= 0.3 is 0 Å². The van der Waals surface area contributed by atoms with E-state index in [1.807, 2.05) is 30.3 Å². The molecule has 0 saturated heterocycles. The van der Waals surface area contributed by atoms with E-state index in [0.717, 1.165) is 21.9 Å². The van der Waals surface area contributed by atoms with Crippen molar-refractivity contribution in [3.8, 4) is 21.9 Å². The van der Waals surface area contributed by atoms with E-state index >= 15 is 0 Å². The van der Waals surface area contributed by atoms with E-state index in [1.54, 1.807) is 0 Å². The van der Waals surface area contributed by atoms with E-state index in [9.17, 15) is 4.79 Å². The highest BCUT2D eigenvalue weighted by Crippen LogP contribution is 2.36. The van der Waals surface area contributed by atoms with Crippen LogP contribution in [0.25, 0.3) is 10.4 Å². The van der Waals surface area contributed by atoms with Gasteiger partial charge in [-0.25, -0.2) is 0 Å². The molecule has 1 aliphatic rings. The summed E-state index contributed by atoms with van der Waals surface area (Å²) in [6, 6.07) is 9.63. The molecule has 1 amide bonds. The number of hydrogen-bond donors (Lipinski definition) is 2. The van der Waals surface area contributed by atoms with Gasteiger partial charge in [0.05, 0.1) is 4.88 Å². The first kappa shape index (κ1) is 14.3. The lowest BCUT2D eigenvalue weighted by Crippen LogP contribution is -2.24. The Hall–Kier alpha value is -1.66. The molecule has 0 aliphatic carbocycles. The molecule has 2 aromatic rings. The van der Waals surface area contributed by atoms with E-state index < -0.39 is 0 Å². The first-order valence-electron chi connectivity index (χ1n) is 6.67. The summed E-state index contributed by atoms with van der Waals surface area (Å²) in [5.74, 6) is 2.10. The van der Waals surface area contributed by atoms with Gasteiger partial charge in [-0.2, -0.15) is 12.6 Å². The number of thiophene rings is 1. The number of hydrogen-bond acceptors (Lipinski definition) is 5. The van der Waals surface area contributed by atoms with Crippen LogP contribution < -0.4 is 14.8 Å². The number of ether oxygens (including phenoxy) is 2. The molecule has 0 fully saturated rings. The van der Waals surface area contributed by atoms with Crippen LogP contribution in [0.1, 0.15) is 9.67 Å². The van der Waals surface area contributed by atoms with Crippen LogP contribution >= 0.6 is 24.0 Å². The number of nitrogens with one attached hydrogen (secondary N) is 1. The summed E-state index contributed by atoms with van der Waals surface area (Å²) in [6.07, 6.45) is 0. The zero-order chi connectivity index (χ0) is 14.7. The molecule has 0 unspecified atom stereocenters. The molecule has 0 bridgehead atoms. The molecule has 2 heterocycles. The number of thiol groups is 1. The van der Waals surface area contributed by atoms with Crippen LogP contribution in [0, 0.1) is 0 Å². The molecule has 0 spiro atoms. The molecule has 1 aromatic carbocycles. The second-order valence-corrected chi connectivity index (χ2v) is 6.03. The van der Waals surface area contributed by atoms with Crippen LogP contribution in [0.2, 0.25) is 0 Å². The van der Waals surface area contributed by atoms with Crippen molar-refractivity contribution in [1.29, 1.82) is 0 Å². The standard InChI is InChI=1S/C15H15NO3S2/c17-15(16-5-8-20)14-4-3-13(21-14)10-1-2-11-12(9-10)19-7-6-18-11/h1-4,9,20H,5-8H2,(H,16,17). The predicted octanol–water partition coefficient (Wildman–Crippen LogP) is 2.85. The summed E-state index contributed by atoms with van der Waals surface area (Å²) in [4.78, 5) is 13.6. The monoisotopic (exact) mass is 321 g/mol. The average molecular weight is 321 g/mol. The van der Waals surface area contributed by atoms with Crippen LogP contribution in [-0.4, -0.2) is 31.4 Å². The molecule has 3 rings (SSSR count). The maximum absolute atomic E-state index is 11.9. The highest BCUT2D eigenvalue weighted by atomic mass is 32.1. The van der Waals surface area contributed by atoms with E-state index in [4.69, 9.17) is 9.47 Å². The van der Waals surface area contributed by atoms with Gasteiger partial charge in [-0.3, -0.25) is 4.79 Å². The number of amides is 1. The fourth-order valence-electron chi connectivity index (χ4n) is 2.07. The van der Waals surface area contributed by atoms with Crippen molar-refractivity contribution in [2.24, 2.45) is 0 Å². The average Bonchev–Trinajstić information content (AvgIpc) is 3.02. The van der Waals surface area contributed by atoms with Crippen molar-refractivity contribution in [1.82, 2.24) is 5.32 Å². The van der Waals surface area contributed by atoms with Crippen LogP contribution in [0.15, 0.2) is 30.3 Å². The molecule has 110 valence electrons. The van der Waals surface area contributed by atoms with Crippen molar-refractivity contribution in [2.45, 2.75) is 0 Å². The minimum atomic E-state index is -0.0576. The maximum atomic E-state index is 11.9. The Balaban J connectivity index is 1.81. The molecule has 0 atom stereocenters. The van der Waals surface area contributed by atoms with Crippen LogP contribution in [0.4, 0.5) is 0 Å². The quantitative estimate of drug-likeness (QED) is 0.851. The summed E-state index contributed by atoms with van der Waals surface area (Å²) < 4.78 is 11.1. The van der Waals surface area contributed by atoms with Crippen molar-refractivity contribution in [3.05, 3.63) is 35.2 Å². The highest BCUT2D eigenvalue weighted by molar-refractivity contribution is 7.80. The van der Waals surface area contributed by atoms with Gasteiger partial charge in [-0.1, -0.05) is 0 Å². The Labute approximate surface area is 132 Å². The van der Waals surface area contributed by atoms with Crippen LogP contribution in [-0.2, 0) is 0 Å². The third-order valence-corrected chi connectivity index (χ3v) is 4.41. The third kappa shape index (κ3) is 3.16. The maximum Gasteiger partial charge on any atom is 0.261 e. The van der Waals surface area contributed by atoms with Crippen molar-refractivity contribution < 1.29 is 14.3 Å². The molecule has 6 heteroatoms. The van der Waals surface area contributed by atoms with Gasteiger partial charge in [0, 0.05) is 17.2 Å². The van der Waals surface area contributed by atoms with Gasteiger partial charge in [0.1, 0.15) is 13.2 Å². The second-order valence-electron chi connectivity index (χ2n) is 4.50. The lowest BCUT2D eigenvalue weighted by atomic mass is 10.1. The fourth-order valence-corrected chi connectivity index (χ4v) is 3.10. The Kier molecular flexibility index (Phi) is 4.36. The minimum absolute atomic E-state index is 0.0576. The van der Waals surface area contributed by atoms with E-state index in [2.05, 4.69) is 17.9 Å². The van der Waals surface area contributed by atoms with E-state index in [-0.39, 0.29) is 5.91 Å². The van der Waals surface area contributed by atoms with E-state index in [0.29, 0.717) is 30.4 Å². The second kappa shape index (κ2) is 6.41. The lowest BCUT2D eigenvalue weighted by Gasteiger charge is -2.18. The zero-order valence-electron chi connectivity index (χ0n) is 11.3. The van der Waals surface area contributed by atoms with Crippen molar-refractivity contribution in [2.75, 3.05) is 25.5 Å². The van der Waals surface area contributed by atoms with Gasteiger partial charge in [0.25, 0.3) is 5.91 Å². The van der Waals surface area contributed by atoms with Gasteiger partial charge in [0.2, 0.25) is 0 Å². The molecule has 0 saturated carbocycles. The Bertz CT molecular complexity index is 654. The summed E-state index contributed by atoms with van der Waals surface area (Å²) in [5, 5.41) is 2.81. The molecule has 1 aliphatic heterocycles. The minimum Gasteiger partial charge on any atom is -0.486 e. The van der Waals surface area contributed by atoms with Gasteiger partial charge in [0.15, 0.2) is 11.5 Å². The molecule has 1 aromatic heterocycles. The van der Waals surface area contributed by atoms with Gasteiger partial charge in [-0.05, 0) is 35.9 Å². The predicted molar refractivity (Wildman–Crippen MR) is 86.9 cm³/mol. The SMILES string of the molecule is O=C(NCCS)c1ccc(-c2ccc3c(c2)OCCO3)s1. The molecular weight excluding hydrogens is 306 g/mol. The van der Waals surface area contributed by atoms with Gasteiger partial charge < -0.3 is 14.8 Å². The summed E-state index contributed by atoms with van der Waals surface area (Å²) >= 11 is 5.54. The third-order valence-electron chi connectivity index (χ3n) is 3.05. The Morgan fingerprint density at radius 3 is 2.81 bits per heavy atom. The first-order chi connectivity index (χ1) is 10.3. The number of carbonyl (C=O) groups is 1. The number of fused-ring (bicyclic) bond motifs is 1. The summed E-state index contributed by atoms with van der Waals surface area (Å²) in [5.41, 5.74) is 1.03. The zero-order valence-corrected chi connectivity index (χ0v) is 13.0. The van der Waals surface area contributed by atoms with Crippen molar-refractivity contribution in [3.63, 3.8) is 0 Å². The topological polar surface area (TPSA) is 47.6 Å². The normalized spacial score (nSPS) is 13.0. The smallest absolute Gasteiger partial charge is 0.261 e. The highest BCUT2D eigenvalue weighted by Gasteiger charge is 2.14. The summed E-state index contributed by atoms with van der Waals surface area (Å²) in [7, 11) is 0. The van der Waals surface area contributed by atoms with E-state index in [1.165, 1.54) is 11.3 Å². The number of carbonyl (C=O) groups excluding carboxylic acids is 1. The molecule has 1 N–H and O–H groups in total. The largest absolute Gasteiger partial charge is 0.486 e. The summed E-state index contributed by atoms with van der Waals surface area (Å²) in [6.45, 7) is 1.72. The molecule has 0 radical (unpaired) electrons. The van der Waals surface area contributed by atoms with Crippen molar-refractivity contribution >= 4 is 29.9 Å². The van der Waals surface area contributed by atoms with Crippen LogP contribution in [0.3, 0.4) is 0 Å². The number of rotatable bonds is 4. The molecule has 4 nitrogen and oxygen atoms in total. The molecular formula is C15H15NO3S2. The van der Waals surface area contributed by atoms with Crippen LogP contribution in [0.5, 0.6) is 11.5 Å². The Morgan fingerprint density at radius 2 is 2.00 bits per heavy atom.